The largest absolute Gasteiger partial charge is 0.497 e. The number of anilines is 1. The van der Waals surface area contributed by atoms with Crippen LogP contribution in [0.2, 0.25) is 0 Å². The van der Waals surface area contributed by atoms with Gasteiger partial charge in [-0.25, -0.2) is 4.79 Å². The van der Waals surface area contributed by atoms with Crippen molar-refractivity contribution in [2.24, 2.45) is 5.92 Å². The second-order valence-electron chi connectivity index (χ2n) is 13.5. The Morgan fingerprint density at radius 3 is 2.49 bits per heavy atom. The minimum Gasteiger partial charge on any atom is -0.497 e. The molecule has 10 nitrogen and oxygen atoms in total. The lowest BCUT2D eigenvalue weighted by atomic mass is 9.96. The number of amides is 3. The Kier molecular flexibility index (Phi) is 14.2. The lowest BCUT2D eigenvalue weighted by Crippen LogP contribution is -2.47. The Bertz CT molecular complexity index is 1270. The van der Waals surface area contributed by atoms with Gasteiger partial charge in [0.05, 0.1) is 37.5 Å². The van der Waals surface area contributed by atoms with Crippen LogP contribution in [0.1, 0.15) is 88.1 Å². The van der Waals surface area contributed by atoms with Crippen LogP contribution < -0.4 is 20.1 Å². The number of nitrogens with one attached hydrogen (secondary N) is 2. The monoisotopic (exact) mass is 652 g/mol. The van der Waals surface area contributed by atoms with Gasteiger partial charge in [0.1, 0.15) is 11.5 Å². The fourth-order valence-corrected chi connectivity index (χ4v) is 6.48. The van der Waals surface area contributed by atoms with Gasteiger partial charge >= 0.3 is 6.03 Å². The highest BCUT2D eigenvalue weighted by Gasteiger charge is 2.30. The molecule has 0 unspecified atom stereocenters. The number of benzene rings is 2. The maximum Gasteiger partial charge on any atom is 0.319 e. The first-order valence-electron chi connectivity index (χ1n) is 17.4. The Morgan fingerprint density at radius 2 is 1.79 bits per heavy atom. The number of likely N-dealkylation sites (N-methyl/N-ethyl adjacent to an activating group) is 1. The number of rotatable bonds is 9. The molecule has 4 atom stereocenters. The molecule has 1 saturated carbocycles. The fourth-order valence-electron chi connectivity index (χ4n) is 6.48. The molecular formula is C37H56N4O6. The first-order chi connectivity index (χ1) is 22.7. The average molecular weight is 653 g/mol. The smallest absolute Gasteiger partial charge is 0.319 e. The number of carbonyl (C=O) groups is 2. The van der Waals surface area contributed by atoms with Crippen LogP contribution in [0.3, 0.4) is 0 Å². The van der Waals surface area contributed by atoms with E-state index in [4.69, 9.17) is 14.2 Å². The van der Waals surface area contributed by atoms with Gasteiger partial charge in [0.25, 0.3) is 5.91 Å². The van der Waals surface area contributed by atoms with Gasteiger partial charge in [0, 0.05) is 43.9 Å². The third-order valence-corrected chi connectivity index (χ3v) is 9.35. The first kappa shape index (κ1) is 36.5. The van der Waals surface area contributed by atoms with Gasteiger partial charge in [-0.2, -0.15) is 0 Å². The topological polar surface area (TPSA) is 113 Å². The highest BCUT2D eigenvalue weighted by atomic mass is 16.5. The highest BCUT2D eigenvalue weighted by Crippen LogP contribution is 2.29. The number of hydrogen-bond donors (Lipinski definition) is 3. The van der Waals surface area contributed by atoms with E-state index in [1.165, 1.54) is 12.0 Å². The summed E-state index contributed by atoms with van der Waals surface area (Å²) in [6.07, 6.45) is 7.81. The third-order valence-electron chi connectivity index (χ3n) is 9.35. The lowest BCUT2D eigenvalue weighted by Gasteiger charge is -2.36. The Balaban J connectivity index is 1.55. The standard InChI is InChI=1S/C37H56N4O6/c1-26-22-41(27(2)25-42)36(43)33-21-31(39-37(44)38-30-12-7-6-8-13-30)16-19-34(33)47-28(3)11-9-10-20-46-35(26)24-40(4)23-29-14-17-32(45-5)18-15-29/h14-19,21,26-28,30,35,42H,6-13,20,22-25H2,1-5H3,(H2,38,39,44)/t26-,27+,28-,35-/m1/s1. The number of aliphatic hydroxyl groups excluding tert-OH is 1. The predicted molar refractivity (Wildman–Crippen MR) is 185 cm³/mol. The van der Waals surface area contributed by atoms with E-state index in [2.05, 4.69) is 41.6 Å². The number of fused-ring (bicyclic) bond motifs is 1. The molecule has 10 heteroatoms. The zero-order valence-corrected chi connectivity index (χ0v) is 29.0. The van der Waals surface area contributed by atoms with E-state index in [-0.39, 0.29) is 42.7 Å². The van der Waals surface area contributed by atoms with Crippen LogP contribution in [-0.4, -0.2) is 91.6 Å². The van der Waals surface area contributed by atoms with Crippen LogP contribution in [0.4, 0.5) is 10.5 Å². The second kappa shape index (κ2) is 18.3. The van der Waals surface area contributed by atoms with Crippen molar-refractivity contribution in [1.29, 1.82) is 0 Å². The third kappa shape index (κ3) is 11.1. The maximum absolute atomic E-state index is 14.4. The highest BCUT2D eigenvalue weighted by molar-refractivity contribution is 5.99. The van der Waals surface area contributed by atoms with E-state index in [0.29, 0.717) is 36.7 Å². The molecule has 0 aromatic heterocycles. The van der Waals surface area contributed by atoms with Gasteiger partial charge in [-0.3, -0.25) is 9.69 Å². The van der Waals surface area contributed by atoms with Crippen LogP contribution in [0.25, 0.3) is 0 Å². The van der Waals surface area contributed by atoms with Crippen LogP contribution in [-0.2, 0) is 11.3 Å². The van der Waals surface area contributed by atoms with E-state index in [1.807, 2.05) is 26.0 Å². The molecule has 2 aromatic carbocycles. The predicted octanol–water partition coefficient (Wildman–Crippen LogP) is 6.08. The summed E-state index contributed by atoms with van der Waals surface area (Å²) < 4.78 is 18.2. The normalized spacial score (nSPS) is 22.5. The van der Waals surface area contributed by atoms with E-state index >= 15 is 0 Å². The van der Waals surface area contributed by atoms with E-state index in [9.17, 15) is 14.7 Å². The number of carbonyl (C=O) groups excluding carboxylic acids is 2. The van der Waals surface area contributed by atoms with Gasteiger partial charge in [-0.1, -0.05) is 38.3 Å². The van der Waals surface area contributed by atoms with E-state index < -0.39 is 6.04 Å². The number of aliphatic hydroxyl groups is 1. The van der Waals surface area contributed by atoms with Gasteiger partial charge in [-0.15, -0.1) is 0 Å². The Hall–Kier alpha value is -3.34. The van der Waals surface area contributed by atoms with Gasteiger partial charge < -0.3 is 34.9 Å². The molecule has 0 bridgehead atoms. The SMILES string of the molecule is COc1ccc(CN(C)C[C@H]2OCCCC[C@@H](C)Oc3ccc(NC(=O)NC4CCCCC4)cc3C(=O)N([C@@H](C)CO)C[C@H]2C)cc1. The molecular weight excluding hydrogens is 596 g/mol. The van der Waals surface area contributed by atoms with Crippen molar-refractivity contribution in [2.75, 3.05) is 45.8 Å². The molecule has 1 aliphatic carbocycles. The van der Waals surface area contributed by atoms with Crippen molar-refractivity contribution >= 4 is 17.6 Å². The Morgan fingerprint density at radius 1 is 1.06 bits per heavy atom. The summed E-state index contributed by atoms with van der Waals surface area (Å²) in [5, 5.41) is 16.3. The van der Waals surface area contributed by atoms with Crippen molar-refractivity contribution in [3.63, 3.8) is 0 Å². The molecule has 2 aliphatic rings. The summed E-state index contributed by atoms with van der Waals surface area (Å²) in [7, 11) is 3.75. The van der Waals surface area contributed by atoms with Crippen LogP contribution in [0, 0.1) is 5.92 Å². The summed E-state index contributed by atoms with van der Waals surface area (Å²) in [6, 6.07) is 12.8. The number of urea groups is 1. The molecule has 1 heterocycles. The molecule has 1 aliphatic heterocycles. The number of nitrogens with zero attached hydrogens (tertiary/aromatic N) is 2. The van der Waals surface area contributed by atoms with Crippen LogP contribution >= 0.6 is 0 Å². The van der Waals surface area contributed by atoms with Crippen molar-refractivity contribution in [3.8, 4) is 11.5 Å². The van der Waals surface area contributed by atoms with Crippen LogP contribution in [0.5, 0.6) is 11.5 Å². The summed E-state index contributed by atoms with van der Waals surface area (Å²) in [6.45, 7) is 8.22. The minimum atomic E-state index is -0.438. The molecule has 2 aromatic rings. The van der Waals surface area contributed by atoms with Gasteiger partial charge in [-0.05, 0) is 88.9 Å². The summed E-state index contributed by atoms with van der Waals surface area (Å²) in [5.41, 5.74) is 2.06. The number of methoxy groups -OCH3 is 1. The second-order valence-corrected chi connectivity index (χ2v) is 13.5. The van der Waals surface area contributed by atoms with Crippen molar-refractivity contribution in [2.45, 2.75) is 103 Å². The maximum atomic E-state index is 14.4. The molecule has 260 valence electrons. The molecule has 3 N–H and O–H groups in total. The summed E-state index contributed by atoms with van der Waals surface area (Å²) in [5.74, 6) is 1.03. The molecule has 1 fully saturated rings. The van der Waals surface area contributed by atoms with Gasteiger partial charge in [0.2, 0.25) is 0 Å². The fraction of sp³-hybridized carbons (Fsp3) is 0.622. The number of hydrogen-bond acceptors (Lipinski definition) is 7. The van der Waals surface area contributed by atoms with Crippen molar-refractivity contribution in [3.05, 3.63) is 53.6 Å². The molecule has 4 rings (SSSR count). The molecule has 0 spiro atoms. The first-order valence-corrected chi connectivity index (χ1v) is 17.4. The van der Waals surface area contributed by atoms with Crippen molar-refractivity contribution < 1.29 is 28.9 Å². The van der Waals surface area contributed by atoms with Crippen molar-refractivity contribution in [1.82, 2.24) is 15.1 Å². The molecule has 47 heavy (non-hydrogen) atoms. The van der Waals surface area contributed by atoms with Crippen LogP contribution in [0.15, 0.2) is 42.5 Å². The van der Waals surface area contributed by atoms with Gasteiger partial charge in [0.15, 0.2) is 0 Å². The zero-order valence-electron chi connectivity index (χ0n) is 29.0. The molecule has 0 radical (unpaired) electrons. The van der Waals surface area contributed by atoms with E-state index in [0.717, 1.165) is 57.2 Å². The number of ether oxygens (including phenoxy) is 3. The average Bonchev–Trinajstić information content (AvgIpc) is 3.06. The molecule has 0 saturated heterocycles. The summed E-state index contributed by atoms with van der Waals surface area (Å²) in [4.78, 5) is 31.2. The minimum absolute atomic E-state index is 0.0277. The Labute approximate surface area is 281 Å². The van der Waals surface area contributed by atoms with E-state index in [1.54, 1.807) is 30.2 Å². The zero-order chi connectivity index (χ0) is 33.8. The lowest BCUT2D eigenvalue weighted by molar-refractivity contribution is -0.0177. The summed E-state index contributed by atoms with van der Waals surface area (Å²) >= 11 is 0. The molecule has 3 amide bonds. The quantitative estimate of drug-likeness (QED) is 0.301.